The van der Waals surface area contributed by atoms with Crippen LogP contribution < -0.4 is 4.90 Å². The number of hydrogen-bond acceptors (Lipinski definition) is 4. The molecule has 6 heteroatoms. The molecule has 1 N–H and O–H groups in total. The molecule has 1 aliphatic heterocycles. The van der Waals surface area contributed by atoms with Crippen molar-refractivity contribution in [3.05, 3.63) is 46.9 Å². The lowest BCUT2D eigenvalue weighted by atomic mass is 9.83. The molecule has 2 aromatic rings. The number of nitrogens with zero attached hydrogens (tertiary/aromatic N) is 1. The third-order valence-electron chi connectivity index (χ3n) is 5.21. The van der Waals surface area contributed by atoms with E-state index in [0.29, 0.717) is 16.7 Å². The summed E-state index contributed by atoms with van der Waals surface area (Å²) >= 11 is 3.33. The van der Waals surface area contributed by atoms with Gasteiger partial charge in [0.1, 0.15) is 5.75 Å². The van der Waals surface area contributed by atoms with Crippen LogP contribution in [0.5, 0.6) is 5.75 Å². The lowest BCUT2D eigenvalue weighted by molar-refractivity contribution is 0.313. The van der Waals surface area contributed by atoms with Crippen molar-refractivity contribution < 1.29 is 13.5 Å². The number of para-hydroxylation sites is 1. The number of phenols is 1. The SMILES string of the molecule is CCC1(CC)CN(c2ccccc2)c2cc(Br)c(O)cc2S(=O)(=O)C1. The van der Waals surface area contributed by atoms with Gasteiger partial charge in [-0.25, -0.2) is 8.42 Å². The van der Waals surface area contributed by atoms with Crippen LogP contribution in [-0.4, -0.2) is 25.8 Å². The van der Waals surface area contributed by atoms with Crippen molar-refractivity contribution >= 4 is 37.1 Å². The second-order valence-electron chi connectivity index (χ2n) is 6.66. The average Bonchev–Trinajstić information content (AvgIpc) is 2.70. The fourth-order valence-corrected chi connectivity index (χ4v) is 6.03. The zero-order chi connectivity index (χ0) is 18.2. The lowest BCUT2D eigenvalue weighted by Gasteiger charge is -2.35. The molecule has 134 valence electrons. The first-order chi connectivity index (χ1) is 11.8. The summed E-state index contributed by atoms with van der Waals surface area (Å²) in [6.07, 6.45) is 1.54. The molecule has 0 spiro atoms. The molecule has 0 bridgehead atoms. The molecule has 0 amide bonds. The summed E-state index contributed by atoms with van der Waals surface area (Å²) in [5, 5.41) is 10.1. The van der Waals surface area contributed by atoms with Crippen LogP contribution in [-0.2, 0) is 9.84 Å². The molecule has 2 aromatic carbocycles. The Kier molecular flexibility index (Phi) is 4.86. The highest BCUT2D eigenvalue weighted by Gasteiger charge is 2.41. The maximum atomic E-state index is 13.1. The van der Waals surface area contributed by atoms with Crippen LogP contribution in [0.2, 0.25) is 0 Å². The van der Waals surface area contributed by atoms with Gasteiger partial charge in [-0.2, -0.15) is 0 Å². The first-order valence-electron chi connectivity index (χ1n) is 8.40. The number of aromatic hydroxyl groups is 1. The van der Waals surface area contributed by atoms with E-state index in [0.717, 1.165) is 18.5 Å². The van der Waals surface area contributed by atoms with E-state index in [1.165, 1.54) is 6.07 Å². The molecule has 0 saturated heterocycles. The van der Waals surface area contributed by atoms with Crippen molar-refractivity contribution in [1.29, 1.82) is 0 Å². The minimum Gasteiger partial charge on any atom is -0.507 e. The maximum Gasteiger partial charge on any atom is 0.181 e. The van der Waals surface area contributed by atoms with Gasteiger partial charge in [0.15, 0.2) is 9.84 Å². The van der Waals surface area contributed by atoms with Crippen molar-refractivity contribution in [2.24, 2.45) is 5.41 Å². The summed E-state index contributed by atoms with van der Waals surface area (Å²) in [5.74, 6) is 0.0283. The highest BCUT2D eigenvalue weighted by Crippen LogP contribution is 2.45. The smallest absolute Gasteiger partial charge is 0.181 e. The number of sulfone groups is 1. The number of rotatable bonds is 3. The zero-order valence-corrected chi connectivity index (χ0v) is 16.8. The van der Waals surface area contributed by atoms with Crippen molar-refractivity contribution in [2.45, 2.75) is 31.6 Å². The van der Waals surface area contributed by atoms with E-state index < -0.39 is 9.84 Å². The monoisotopic (exact) mass is 423 g/mol. The Morgan fingerprint density at radius 3 is 2.40 bits per heavy atom. The van der Waals surface area contributed by atoms with Crippen LogP contribution in [0.15, 0.2) is 51.8 Å². The summed E-state index contributed by atoms with van der Waals surface area (Å²) in [5.41, 5.74) is 1.22. The van der Waals surface area contributed by atoms with Gasteiger partial charge in [0.2, 0.25) is 0 Å². The second-order valence-corrected chi connectivity index (χ2v) is 9.47. The van der Waals surface area contributed by atoms with Crippen molar-refractivity contribution in [3.8, 4) is 5.75 Å². The van der Waals surface area contributed by atoms with Gasteiger partial charge < -0.3 is 10.0 Å². The van der Waals surface area contributed by atoms with Crippen LogP contribution in [0, 0.1) is 5.41 Å². The number of anilines is 2. The van der Waals surface area contributed by atoms with Crippen LogP contribution in [0.3, 0.4) is 0 Å². The highest BCUT2D eigenvalue weighted by molar-refractivity contribution is 9.10. The summed E-state index contributed by atoms with van der Waals surface area (Å²) in [4.78, 5) is 2.26. The third-order valence-corrected chi connectivity index (χ3v) is 7.84. The van der Waals surface area contributed by atoms with Gasteiger partial charge in [-0.3, -0.25) is 0 Å². The maximum absolute atomic E-state index is 13.1. The molecule has 0 atom stereocenters. The minimum absolute atomic E-state index is 0.0594. The van der Waals surface area contributed by atoms with E-state index >= 15 is 0 Å². The normalized spacial score (nSPS) is 18.4. The Bertz CT molecular complexity index is 877. The topological polar surface area (TPSA) is 57.6 Å². The summed E-state index contributed by atoms with van der Waals surface area (Å²) < 4.78 is 26.7. The molecule has 1 heterocycles. The second kappa shape index (κ2) is 6.65. The molecule has 25 heavy (non-hydrogen) atoms. The molecule has 0 aliphatic carbocycles. The van der Waals surface area contributed by atoms with Gasteiger partial charge in [-0.15, -0.1) is 0 Å². The molecule has 0 radical (unpaired) electrons. The van der Waals surface area contributed by atoms with Gasteiger partial charge in [0.25, 0.3) is 0 Å². The van der Waals surface area contributed by atoms with E-state index in [1.807, 2.05) is 44.2 Å². The molecule has 0 unspecified atom stereocenters. The Balaban J connectivity index is 2.30. The predicted molar refractivity (Wildman–Crippen MR) is 104 cm³/mol. The van der Waals surface area contributed by atoms with Gasteiger partial charge in [-0.05, 0) is 47.0 Å². The minimum atomic E-state index is -3.51. The molecule has 0 saturated carbocycles. The lowest BCUT2D eigenvalue weighted by Crippen LogP contribution is -2.37. The van der Waals surface area contributed by atoms with E-state index in [2.05, 4.69) is 20.8 Å². The van der Waals surface area contributed by atoms with Crippen LogP contribution in [0.1, 0.15) is 26.7 Å². The summed E-state index contributed by atoms with van der Waals surface area (Å²) in [7, 11) is -3.51. The number of phenolic OH excluding ortho intramolecular Hbond substituents is 1. The standard InChI is InChI=1S/C19H22BrNO3S/c1-3-19(4-2)12-21(14-8-6-5-7-9-14)16-10-15(20)17(22)11-18(16)25(23,24)13-19/h5-11,22H,3-4,12-13H2,1-2H3. The van der Waals surface area contributed by atoms with Crippen LogP contribution in [0.25, 0.3) is 0 Å². The highest BCUT2D eigenvalue weighted by atomic mass is 79.9. The number of hydrogen-bond donors (Lipinski definition) is 1. The molecular formula is C19H22BrNO3S. The summed E-state index contributed by atoms with van der Waals surface area (Å²) in [6.45, 7) is 4.71. The first kappa shape index (κ1) is 18.3. The van der Waals surface area contributed by atoms with Crippen LogP contribution in [0.4, 0.5) is 11.4 Å². The van der Waals surface area contributed by atoms with Crippen LogP contribution >= 0.6 is 15.9 Å². The molecule has 0 aromatic heterocycles. The third kappa shape index (κ3) is 3.29. The van der Waals surface area contributed by atoms with E-state index in [9.17, 15) is 13.5 Å². The predicted octanol–water partition coefficient (Wildman–Crippen LogP) is 4.89. The number of benzene rings is 2. The number of fused-ring (bicyclic) bond motifs is 1. The Morgan fingerprint density at radius 2 is 1.80 bits per heavy atom. The van der Waals surface area contributed by atoms with Gasteiger partial charge >= 0.3 is 0 Å². The van der Waals surface area contributed by atoms with Crippen molar-refractivity contribution in [3.63, 3.8) is 0 Å². The molecule has 4 nitrogen and oxygen atoms in total. The van der Waals surface area contributed by atoms with E-state index in [-0.39, 0.29) is 21.8 Å². The van der Waals surface area contributed by atoms with Crippen molar-refractivity contribution in [1.82, 2.24) is 0 Å². The Labute approximate surface area is 157 Å². The van der Waals surface area contributed by atoms with Gasteiger partial charge in [0.05, 0.1) is 20.8 Å². The molecule has 3 rings (SSSR count). The zero-order valence-electron chi connectivity index (χ0n) is 14.4. The molecule has 0 fully saturated rings. The van der Waals surface area contributed by atoms with Crippen molar-refractivity contribution in [2.75, 3.05) is 17.2 Å². The fraction of sp³-hybridized carbons (Fsp3) is 0.368. The van der Waals surface area contributed by atoms with E-state index in [1.54, 1.807) is 6.07 Å². The Morgan fingerprint density at radius 1 is 1.16 bits per heavy atom. The average molecular weight is 424 g/mol. The van der Waals surface area contributed by atoms with Gasteiger partial charge in [-0.1, -0.05) is 32.0 Å². The quantitative estimate of drug-likeness (QED) is 0.763. The fourth-order valence-electron chi connectivity index (χ4n) is 3.46. The van der Waals surface area contributed by atoms with E-state index in [4.69, 9.17) is 0 Å². The number of halogens is 1. The summed E-state index contributed by atoms with van der Waals surface area (Å²) in [6, 6.07) is 12.9. The van der Waals surface area contributed by atoms with Gasteiger partial charge in [0, 0.05) is 23.7 Å². The molecule has 1 aliphatic rings. The molecular weight excluding hydrogens is 402 g/mol. The largest absolute Gasteiger partial charge is 0.507 e. The Hall–Kier alpha value is -1.53. The first-order valence-corrected chi connectivity index (χ1v) is 10.8.